The fraction of sp³-hybridized carbons (Fsp3) is 1.00. The summed E-state index contributed by atoms with van der Waals surface area (Å²) in [6, 6.07) is 0. The maximum absolute atomic E-state index is 12.6. The lowest BCUT2D eigenvalue weighted by Gasteiger charge is -2.21. The van der Waals surface area contributed by atoms with Crippen LogP contribution in [0.5, 0.6) is 0 Å². The summed E-state index contributed by atoms with van der Waals surface area (Å²) in [5.41, 5.74) is 0. The Morgan fingerprint density at radius 1 is 1.08 bits per heavy atom. The fourth-order valence-corrected chi connectivity index (χ4v) is 0.729. The zero-order valence-electron chi connectivity index (χ0n) is 7.75. The molecular formula is C8H14F4O. The van der Waals surface area contributed by atoms with Gasteiger partial charge in [-0.3, -0.25) is 0 Å². The molecule has 0 aromatic rings. The lowest BCUT2D eigenvalue weighted by Crippen LogP contribution is -2.31. The van der Waals surface area contributed by atoms with Gasteiger partial charge in [0.15, 0.2) is 0 Å². The second-order valence-corrected chi connectivity index (χ2v) is 2.87. The molecule has 0 aromatic heterocycles. The molecule has 5 heteroatoms. The summed E-state index contributed by atoms with van der Waals surface area (Å²) in [6.45, 7) is 2.59. The van der Waals surface area contributed by atoms with Gasteiger partial charge in [0.25, 0.3) is 5.92 Å². The molecule has 0 rings (SSSR count). The Hall–Kier alpha value is -0.320. The highest BCUT2D eigenvalue weighted by atomic mass is 19.3. The van der Waals surface area contributed by atoms with Crippen LogP contribution in [0.4, 0.5) is 17.6 Å². The molecule has 0 N–H and O–H groups in total. The predicted octanol–water partition coefficient (Wildman–Crippen LogP) is 3.44. The van der Waals surface area contributed by atoms with Gasteiger partial charge in [-0.05, 0) is 6.42 Å². The minimum absolute atomic E-state index is 0.202. The second kappa shape index (κ2) is 4.79. The molecule has 0 aliphatic carbocycles. The highest BCUT2D eigenvalue weighted by molar-refractivity contribution is 4.69. The Labute approximate surface area is 75.1 Å². The highest BCUT2D eigenvalue weighted by Gasteiger charge is 2.42. The number of hydrogen-bond donors (Lipinski definition) is 0. The van der Waals surface area contributed by atoms with Crippen molar-refractivity contribution in [2.45, 2.75) is 45.1 Å². The third-order valence-electron chi connectivity index (χ3n) is 1.50. The van der Waals surface area contributed by atoms with E-state index >= 15 is 0 Å². The van der Waals surface area contributed by atoms with Gasteiger partial charge in [0.1, 0.15) is 6.42 Å². The zero-order valence-corrected chi connectivity index (χ0v) is 7.75. The number of rotatable bonds is 6. The quantitative estimate of drug-likeness (QED) is 0.599. The van der Waals surface area contributed by atoms with Gasteiger partial charge in [-0.25, -0.2) is 8.78 Å². The molecule has 0 aliphatic rings. The van der Waals surface area contributed by atoms with E-state index in [-0.39, 0.29) is 6.61 Å². The molecule has 80 valence electrons. The zero-order chi connectivity index (χ0) is 10.5. The van der Waals surface area contributed by atoms with Crippen molar-refractivity contribution >= 4 is 0 Å². The van der Waals surface area contributed by atoms with Gasteiger partial charge in [-0.15, -0.1) is 0 Å². The van der Waals surface area contributed by atoms with Crippen molar-refractivity contribution in [2.24, 2.45) is 0 Å². The highest BCUT2D eigenvalue weighted by Crippen LogP contribution is 2.33. The monoisotopic (exact) mass is 202 g/mol. The molecule has 0 fully saturated rings. The molecule has 0 heterocycles. The van der Waals surface area contributed by atoms with E-state index in [1.807, 2.05) is 0 Å². The Balaban J connectivity index is 4.00. The lowest BCUT2D eigenvalue weighted by atomic mass is 10.2. The summed E-state index contributed by atoms with van der Waals surface area (Å²) < 4.78 is 54.2. The molecule has 0 aromatic carbocycles. The van der Waals surface area contributed by atoms with Crippen LogP contribution in [0.1, 0.15) is 33.1 Å². The summed E-state index contributed by atoms with van der Waals surface area (Å²) in [5, 5.41) is 0. The van der Waals surface area contributed by atoms with Gasteiger partial charge in [0.2, 0.25) is 0 Å². The van der Waals surface area contributed by atoms with E-state index < -0.39 is 24.9 Å². The second-order valence-electron chi connectivity index (χ2n) is 2.87. The minimum atomic E-state index is -3.71. The molecule has 0 saturated heterocycles. The van der Waals surface area contributed by atoms with Crippen molar-refractivity contribution in [3.63, 3.8) is 0 Å². The van der Waals surface area contributed by atoms with Crippen molar-refractivity contribution in [3.8, 4) is 0 Å². The van der Waals surface area contributed by atoms with E-state index in [0.717, 1.165) is 6.92 Å². The van der Waals surface area contributed by atoms with Crippen molar-refractivity contribution in [1.29, 1.82) is 0 Å². The molecule has 0 bridgehead atoms. The van der Waals surface area contributed by atoms with Crippen molar-refractivity contribution in [2.75, 3.05) is 6.61 Å². The van der Waals surface area contributed by atoms with E-state index in [9.17, 15) is 17.6 Å². The van der Waals surface area contributed by atoms with Gasteiger partial charge in [0.05, 0.1) is 6.61 Å². The standard InChI is InChI=1S/C8H14F4O/c1-3-5-13-8(11,12)6-7(9,10)4-2/h3-6H2,1-2H3. The van der Waals surface area contributed by atoms with Crippen LogP contribution < -0.4 is 0 Å². The first kappa shape index (κ1) is 12.7. The molecule has 0 spiro atoms. The molecule has 0 atom stereocenters. The Morgan fingerprint density at radius 2 is 1.62 bits per heavy atom. The van der Waals surface area contributed by atoms with Gasteiger partial charge in [-0.1, -0.05) is 13.8 Å². The molecular weight excluding hydrogens is 188 g/mol. The van der Waals surface area contributed by atoms with Gasteiger partial charge < -0.3 is 4.74 Å². The van der Waals surface area contributed by atoms with Gasteiger partial charge in [0, 0.05) is 6.42 Å². The van der Waals surface area contributed by atoms with E-state index in [1.165, 1.54) is 0 Å². The maximum atomic E-state index is 12.6. The normalized spacial score (nSPS) is 13.4. The van der Waals surface area contributed by atoms with Crippen molar-refractivity contribution in [1.82, 2.24) is 0 Å². The van der Waals surface area contributed by atoms with Crippen LogP contribution in [0.2, 0.25) is 0 Å². The summed E-state index contributed by atoms with van der Waals surface area (Å²) in [4.78, 5) is 0. The first-order chi connectivity index (χ1) is 5.83. The number of halogens is 4. The first-order valence-corrected chi connectivity index (χ1v) is 4.22. The number of alkyl halides is 4. The summed E-state index contributed by atoms with van der Waals surface area (Å²) >= 11 is 0. The van der Waals surface area contributed by atoms with Gasteiger partial charge in [-0.2, -0.15) is 8.78 Å². The minimum Gasteiger partial charge on any atom is -0.320 e. The average molecular weight is 202 g/mol. The number of hydrogen-bond acceptors (Lipinski definition) is 1. The van der Waals surface area contributed by atoms with Crippen molar-refractivity contribution in [3.05, 3.63) is 0 Å². The topological polar surface area (TPSA) is 9.23 Å². The first-order valence-electron chi connectivity index (χ1n) is 4.22. The lowest BCUT2D eigenvalue weighted by molar-refractivity contribution is -0.270. The predicted molar refractivity (Wildman–Crippen MR) is 41.0 cm³/mol. The molecule has 1 nitrogen and oxygen atoms in total. The van der Waals surface area contributed by atoms with Crippen LogP contribution in [0.25, 0.3) is 0 Å². The fourth-order valence-electron chi connectivity index (χ4n) is 0.729. The Kier molecular flexibility index (Phi) is 4.67. The van der Waals surface area contributed by atoms with Crippen LogP contribution in [-0.2, 0) is 4.74 Å². The third kappa shape index (κ3) is 5.85. The largest absolute Gasteiger partial charge is 0.361 e. The Bertz CT molecular complexity index is 147. The molecule has 13 heavy (non-hydrogen) atoms. The van der Waals surface area contributed by atoms with E-state index in [1.54, 1.807) is 6.92 Å². The van der Waals surface area contributed by atoms with E-state index in [0.29, 0.717) is 6.42 Å². The molecule has 0 radical (unpaired) electrons. The molecule has 0 amide bonds. The Morgan fingerprint density at radius 3 is 2.00 bits per heavy atom. The van der Waals surface area contributed by atoms with Crippen molar-refractivity contribution < 1.29 is 22.3 Å². The van der Waals surface area contributed by atoms with Crippen LogP contribution >= 0.6 is 0 Å². The summed E-state index contributed by atoms with van der Waals surface area (Å²) in [6.07, 6.45) is -5.46. The number of ether oxygens (including phenoxy) is 1. The third-order valence-corrected chi connectivity index (χ3v) is 1.50. The van der Waals surface area contributed by atoms with Crippen LogP contribution in [0.3, 0.4) is 0 Å². The van der Waals surface area contributed by atoms with E-state index in [2.05, 4.69) is 4.74 Å². The molecule has 0 unspecified atom stereocenters. The molecule has 0 aliphatic heterocycles. The summed E-state index contributed by atoms with van der Waals surface area (Å²) in [5.74, 6) is -3.35. The smallest absolute Gasteiger partial charge is 0.320 e. The average Bonchev–Trinajstić information content (AvgIpc) is 1.99. The molecule has 0 saturated carbocycles. The van der Waals surface area contributed by atoms with Crippen LogP contribution in [0.15, 0.2) is 0 Å². The van der Waals surface area contributed by atoms with E-state index in [4.69, 9.17) is 0 Å². The van der Waals surface area contributed by atoms with Crippen LogP contribution in [-0.4, -0.2) is 18.6 Å². The van der Waals surface area contributed by atoms with Gasteiger partial charge >= 0.3 is 6.11 Å². The summed E-state index contributed by atoms with van der Waals surface area (Å²) in [7, 11) is 0. The SMILES string of the molecule is CCCOC(F)(F)CC(F)(F)CC. The van der Waals surface area contributed by atoms with Crippen LogP contribution in [0, 0.1) is 0 Å². The maximum Gasteiger partial charge on any atom is 0.361 e.